The molecule has 36 heavy (non-hydrogen) atoms. The van der Waals surface area contributed by atoms with E-state index in [1.54, 1.807) is 7.11 Å². The second-order valence-electron chi connectivity index (χ2n) is 10.4. The highest BCUT2D eigenvalue weighted by molar-refractivity contribution is 6.05. The van der Waals surface area contributed by atoms with Crippen LogP contribution in [0.5, 0.6) is 5.75 Å². The molecule has 0 radical (unpaired) electrons. The third-order valence-electron chi connectivity index (χ3n) is 7.65. The van der Waals surface area contributed by atoms with Crippen molar-refractivity contribution < 1.29 is 23.7 Å². The van der Waals surface area contributed by atoms with Crippen LogP contribution in [-0.4, -0.2) is 69.6 Å². The van der Waals surface area contributed by atoms with Gasteiger partial charge in [-0.25, -0.2) is 4.99 Å². The molecule has 3 aliphatic rings. The molecule has 196 valence electrons. The molecule has 1 aromatic carbocycles. The Labute approximate surface area is 213 Å². The number of fused-ring (bicyclic) bond motifs is 3. The molecule has 0 bridgehead atoms. The molecule has 0 aromatic heterocycles. The van der Waals surface area contributed by atoms with Crippen molar-refractivity contribution in [2.24, 2.45) is 16.1 Å². The normalized spacial score (nSPS) is 23.9. The van der Waals surface area contributed by atoms with Gasteiger partial charge in [0.05, 0.1) is 30.8 Å². The number of amidine groups is 1. The Hall–Kier alpha value is -3.04. The Morgan fingerprint density at radius 2 is 2.06 bits per heavy atom. The summed E-state index contributed by atoms with van der Waals surface area (Å²) in [6, 6.07) is 5.81. The zero-order chi connectivity index (χ0) is 26.1. The number of carbonyl (C=O) groups is 1. The van der Waals surface area contributed by atoms with Crippen molar-refractivity contribution in [2.75, 3.05) is 52.4 Å². The fraction of sp³-hybridized carbons (Fsp3) is 0.556. The lowest BCUT2D eigenvalue weighted by Crippen LogP contribution is -2.71. The maximum atomic E-state index is 13.4. The molecular weight excluding hydrogens is 460 g/mol. The van der Waals surface area contributed by atoms with Crippen LogP contribution in [0.2, 0.25) is 0 Å². The molecule has 3 N–H and O–H groups in total. The highest BCUT2D eigenvalue weighted by Crippen LogP contribution is 2.62. The number of nitrogens with zero attached hydrogens (tertiary/aromatic N) is 2. The number of carbonyl (C=O) groups excluding carboxylic acids is 1. The second kappa shape index (κ2) is 9.78. The number of hydrogen-bond acceptors (Lipinski definition) is 8. The minimum Gasteiger partial charge on any atom is -0.487 e. The van der Waals surface area contributed by atoms with Crippen LogP contribution in [0, 0.1) is 5.41 Å². The first-order chi connectivity index (χ1) is 17.1. The topological polar surface area (TPSA) is 108 Å². The van der Waals surface area contributed by atoms with E-state index in [2.05, 4.69) is 26.1 Å². The van der Waals surface area contributed by atoms with Crippen LogP contribution < -0.4 is 15.8 Å². The molecule has 9 heteroatoms. The van der Waals surface area contributed by atoms with Crippen molar-refractivity contribution in [3.8, 4) is 5.75 Å². The molecule has 1 saturated heterocycles. The first-order valence-electron chi connectivity index (χ1n) is 12.4. The fourth-order valence-electron chi connectivity index (χ4n) is 5.12. The summed E-state index contributed by atoms with van der Waals surface area (Å²) in [6.45, 7) is 10.7. The first kappa shape index (κ1) is 26.0. The van der Waals surface area contributed by atoms with E-state index < -0.39 is 16.6 Å². The molecule has 1 aromatic rings. The van der Waals surface area contributed by atoms with Gasteiger partial charge < -0.3 is 34.9 Å². The number of aliphatic imine (C=N–C) groups is 1. The molecule has 1 amide bonds. The minimum atomic E-state index is -0.759. The van der Waals surface area contributed by atoms with Gasteiger partial charge in [-0.15, -0.1) is 0 Å². The number of rotatable bonds is 8. The Morgan fingerprint density at radius 1 is 1.31 bits per heavy atom. The van der Waals surface area contributed by atoms with Crippen LogP contribution in [-0.2, 0) is 24.5 Å². The molecule has 4 rings (SSSR count). The van der Waals surface area contributed by atoms with Crippen molar-refractivity contribution in [3.63, 3.8) is 0 Å². The van der Waals surface area contributed by atoms with Gasteiger partial charge in [0, 0.05) is 38.2 Å². The highest BCUT2D eigenvalue weighted by Gasteiger charge is 2.71. The smallest absolute Gasteiger partial charge is 0.283 e. The largest absolute Gasteiger partial charge is 0.487 e. The molecule has 3 heterocycles. The number of nitrogens with one attached hydrogen (secondary N) is 1. The van der Waals surface area contributed by atoms with E-state index in [-0.39, 0.29) is 11.9 Å². The summed E-state index contributed by atoms with van der Waals surface area (Å²) in [5.41, 5.74) is 7.44. The maximum absolute atomic E-state index is 13.4. The zero-order valence-corrected chi connectivity index (χ0v) is 22.1. The quantitative estimate of drug-likeness (QED) is 0.419. The standard InChI is InChI=1S/C27H38N4O5/c1-7-18(2)12-19(14-31(5)10-11-33-6)23(32)29-20-8-9-22-21(13-20)27(17-35-24(28)30-27)26(15-34-16-26)25(3,4)36-22/h8-9,12-14H,7,10-11,15-17H2,1-6H3,(H2,28,30)(H,29,32)/b18-12+,19-14+. The third-order valence-corrected chi connectivity index (χ3v) is 7.65. The van der Waals surface area contributed by atoms with Crippen molar-refractivity contribution in [3.05, 3.63) is 47.2 Å². The van der Waals surface area contributed by atoms with E-state index in [0.717, 1.165) is 17.6 Å². The lowest BCUT2D eigenvalue weighted by molar-refractivity contribution is -0.247. The lowest BCUT2D eigenvalue weighted by atomic mass is 9.55. The van der Waals surface area contributed by atoms with Crippen molar-refractivity contribution in [1.29, 1.82) is 0 Å². The molecule has 0 saturated carbocycles. The van der Waals surface area contributed by atoms with E-state index in [4.69, 9.17) is 29.7 Å². The SMILES string of the molecule is CC/C(C)=C/C(=C\N(C)CCOC)C(=O)Nc1ccc2c(c1)C1(COC(N)=N1)C1(COC1)C(C)(C)O2. The number of allylic oxidation sites excluding steroid dienone is 1. The van der Waals surface area contributed by atoms with Gasteiger partial charge in [-0.05, 0) is 51.5 Å². The molecule has 1 unspecified atom stereocenters. The van der Waals surface area contributed by atoms with E-state index in [0.29, 0.717) is 50.0 Å². The Morgan fingerprint density at radius 3 is 2.64 bits per heavy atom. The van der Waals surface area contributed by atoms with Gasteiger partial charge in [0.2, 0.25) is 0 Å². The second-order valence-corrected chi connectivity index (χ2v) is 10.4. The van der Waals surface area contributed by atoms with E-state index in [9.17, 15) is 4.79 Å². The summed E-state index contributed by atoms with van der Waals surface area (Å²) in [4.78, 5) is 20.2. The average Bonchev–Trinajstić information content (AvgIpc) is 3.18. The summed E-state index contributed by atoms with van der Waals surface area (Å²) in [5, 5.41) is 3.07. The summed E-state index contributed by atoms with van der Waals surface area (Å²) >= 11 is 0. The van der Waals surface area contributed by atoms with Crippen LogP contribution in [0.4, 0.5) is 5.69 Å². The molecule has 0 aliphatic carbocycles. The summed E-state index contributed by atoms with van der Waals surface area (Å²) in [6.07, 6.45) is 4.61. The lowest BCUT2D eigenvalue weighted by Gasteiger charge is -2.61. The predicted molar refractivity (Wildman–Crippen MR) is 139 cm³/mol. The molecular formula is C27H38N4O5. The van der Waals surface area contributed by atoms with E-state index >= 15 is 0 Å². The number of ether oxygens (including phenoxy) is 4. The van der Waals surface area contributed by atoms with Gasteiger partial charge in [-0.3, -0.25) is 4.79 Å². The number of hydrogen-bond donors (Lipinski definition) is 2. The van der Waals surface area contributed by atoms with Crippen LogP contribution in [0.25, 0.3) is 0 Å². The van der Waals surface area contributed by atoms with Gasteiger partial charge in [0.1, 0.15) is 23.5 Å². The van der Waals surface area contributed by atoms with Gasteiger partial charge >= 0.3 is 0 Å². The number of anilines is 1. The Bertz CT molecular complexity index is 1110. The molecule has 3 aliphatic heterocycles. The molecule has 1 atom stereocenters. The number of nitrogens with two attached hydrogens (primary N) is 1. The maximum Gasteiger partial charge on any atom is 0.283 e. The predicted octanol–water partition coefficient (Wildman–Crippen LogP) is 3.17. The number of methoxy groups -OCH3 is 1. The fourth-order valence-corrected chi connectivity index (χ4v) is 5.12. The number of likely N-dealkylation sites (N-methyl/N-ethyl adjacent to an activating group) is 1. The van der Waals surface area contributed by atoms with Crippen LogP contribution in [0.1, 0.15) is 39.7 Å². The summed E-state index contributed by atoms with van der Waals surface area (Å²) in [5.74, 6) is 0.500. The van der Waals surface area contributed by atoms with E-state index in [1.807, 2.05) is 49.3 Å². The molecule has 1 fully saturated rings. The van der Waals surface area contributed by atoms with Gasteiger partial charge in [0.25, 0.3) is 11.9 Å². The minimum absolute atomic E-state index is 0.156. The number of amides is 1. The Balaban J connectivity index is 1.69. The van der Waals surface area contributed by atoms with Crippen molar-refractivity contribution in [2.45, 2.75) is 45.3 Å². The van der Waals surface area contributed by atoms with Gasteiger partial charge in [-0.1, -0.05) is 12.5 Å². The summed E-state index contributed by atoms with van der Waals surface area (Å²) in [7, 11) is 3.58. The van der Waals surface area contributed by atoms with E-state index in [1.165, 1.54) is 0 Å². The Kier molecular flexibility index (Phi) is 7.07. The van der Waals surface area contributed by atoms with Crippen LogP contribution in [0.3, 0.4) is 0 Å². The van der Waals surface area contributed by atoms with Crippen molar-refractivity contribution >= 4 is 17.6 Å². The zero-order valence-electron chi connectivity index (χ0n) is 22.1. The monoisotopic (exact) mass is 498 g/mol. The molecule has 2 spiro atoms. The summed E-state index contributed by atoms with van der Waals surface area (Å²) < 4.78 is 23.0. The van der Waals surface area contributed by atoms with Crippen LogP contribution in [0.15, 0.2) is 46.6 Å². The molecule has 9 nitrogen and oxygen atoms in total. The number of benzene rings is 1. The third kappa shape index (κ3) is 4.35. The van der Waals surface area contributed by atoms with Crippen molar-refractivity contribution in [1.82, 2.24) is 4.90 Å². The first-order valence-corrected chi connectivity index (χ1v) is 12.4. The average molecular weight is 499 g/mol. The highest BCUT2D eigenvalue weighted by atomic mass is 16.5. The van der Waals surface area contributed by atoms with Crippen LogP contribution >= 0.6 is 0 Å². The van der Waals surface area contributed by atoms with Gasteiger partial charge in [-0.2, -0.15) is 0 Å². The van der Waals surface area contributed by atoms with Gasteiger partial charge in [0.15, 0.2) is 0 Å².